The number of hydrogen-bond acceptors (Lipinski definition) is 3. The molecular formula is C16H19N3. The largest absolute Gasteiger partial charge is 0.328 e. The molecule has 1 heterocycles. The fraction of sp³-hybridized carbons (Fsp3) is 0.375. The van der Waals surface area contributed by atoms with Crippen LogP contribution in [0.3, 0.4) is 0 Å². The monoisotopic (exact) mass is 253 g/mol. The average Bonchev–Trinajstić information content (AvgIpc) is 3.21. The third-order valence-corrected chi connectivity index (χ3v) is 3.75. The van der Waals surface area contributed by atoms with Crippen LogP contribution in [0.4, 0.5) is 0 Å². The molecule has 98 valence electrons. The highest BCUT2D eigenvalue weighted by molar-refractivity contribution is 5.39. The number of aromatic nitrogens is 2. The molecule has 0 spiro atoms. The van der Waals surface area contributed by atoms with Crippen molar-refractivity contribution in [3.63, 3.8) is 0 Å². The van der Waals surface area contributed by atoms with Gasteiger partial charge in [0.15, 0.2) is 0 Å². The first kappa shape index (κ1) is 12.3. The SMILES string of the molecule is CC(N)Cc1ccnc(C2(c3ccccc3)CC2)n1. The van der Waals surface area contributed by atoms with Crippen LogP contribution in [0.2, 0.25) is 0 Å². The van der Waals surface area contributed by atoms with Crippen molar-refractivity contribution >= 4 is 0 Å². The quantitative estimate of drug-likeness (QED) is 0.910. The van der Waals surface area contributed by atoms with Crippen molar-refractivity contribution in [2.75, 3.05) is 0 Å². The molecule has 1 aliphatic carbocycles. The highest BCUT2D eigenvalue weighted by Crippen LogP contribution is 2.51. The van der Waals surface area contributed by atoms with Crippen molar-refractivity contribution in [2.45, 2.75) is 37.6 Å². The summed E-state index contributed by atoms with van der Waals surface area (Å²) in [5.41, 5.74) is 8.27. The number of nitrogens with two attached hydrogens (primary N) is 1. The average molecular weight is 253 g/mol. The predicted octanol–water partition coefficient (Wildman–Crippen LogP) is 2.45. The van der Waals surface area contributed by atoms with Gasteiger partial charge in [-0.25, -0.2) is 9.97 Å². The van der Waals surface area contributed by atoms with Crippen molar-refractivity contribution in [1.29, 1.82) is 0 Å². The van der Waals surface area contributed by atoms with Gasteiger partial charge in [0, 0.05) is 24.4 Å². The van der Waals surface area contributed by atoms with Crippen molar-refractivity contribution < 1.29 is 0 Å². The Morgan fingerprint density at radius 1 is 1.21 bits per heavy atom. The second kappa shape index (κ2) is 4.74. The fourth-order valence-electron chi connectivity index (χ4n) is 2.59. The molecule has 0 bridgehead atoms. The van der Waals surface area contributed by atoms with E-state index in [9.17, 15) is 0 Å². The van der Waals surface area contributed by atoms with E-state index in [2.05, 4.69) is 29.2 Å². The van der Waals surface area contributed by atoms with Gasteiger partial charge >= 0.3 is 0 Å². The minimum atomic E-state index is 0.0507. The fourth-order valence-corrected chi connectivity index (χ4v) is 2.59. The van der Waals surface area contributed by atoms with Crippen LogP contribution in [0.1, 0.15) is 36.8 Å². The second-order valence-electron chi connectivity index (χ2n) is 5.50. The molecule has 3 nitrogen and oxygen atoms in total. The minimum Gasteiger partial charge on any atom is -0.328 e. The van der Waals surface area contributed by atoms with Gasteiger partial charge in [0.1, 0.15) is 5.82 Å². The Bertz CT molecular complexity index is 559. The standard InChI is InChI=1S/C16H19N3/c1-12(17)11-14-7-10-18-15(19-14)16(8-9-16)13-5-3-2-4-6-13/h2-7,10,12H,8-9,11,17H2,1H3. The number of benzene rings is 1. The molecule has 1 aromatic heterocycles. The Balaban J connectivity index is 1.94. The molecule has 0 amide bonds. The van der Waals surface area contributed by atoms with Crippen molar-refractivity contribution in [3.05, 3.63) is 59.7 Å². The lowest BCUT2D eigenvalue weighted by Gasteiger charge is -2.15. The van der Waals surface area contributed by atoms with Gasteiger partial charge in [-0.3, -0.25) is 0 Å². The van der Waals surface area contributed by atoms with E-state index >= 15 is 0 Å². The first-order valence-electron chi connectivity index (χ1n) is 6.84. The Morgan fingerprint density at radius 2 is 1.95 bits per heavy atom. The van der Waals surface area contributed by atoms with E-state index < -0.39 is 0 Å². The molecule has 1 aromatic carbocycles. The lowest BCUT2D eigenvalue weighted by Crippen LogP contribution is -2.20. The molecule has 1 unspecified atom stereocenters. The summed E-state index contributed by atoms with van der Waals surface area (Å²) in [7, 11) is 0. The summed E-state index contributed by atoms with van der Waals surface area (Å²) in [6.45, 7) is 2.01. The third kappa shape index (κ3) is 2.38. The van der Waals surface area contributed by atoms with E-state index in [1.165, 1.54) is 5.56 Å². The highest BCUT2D eigenvalue weighted by atomic mass is 14.9. The van der Waals surface area contributed by atoms with E-state index in [-0.39, 0.29) is 11.5 Å². The summed E-state index contributed by atoms with van der Waals surface area (Å²) >= 11 is 0. The zero-order chi connectivity index (χ0) is 13.3. The third-order valence-electron chi connectivity index (χ3n) is 3.75. The molecule has 1 aliphatic rings. The molecule has 1 fully saturated rings. The van der Waals surface area contributed by atoms with Crippen LogP contribution in [0.25, 0.3) is 0 Å². The molecule has 2 N–H and O–H groups in total. The normalized spacial score (nSPS) is 18.0. The highest BCUT2D eigenvalue weighted by Gasteiger charge is 2.48. The minimum absolute atomic E-state index is 0.0507. The van der Waals surface area contributed by atoms with E-state index in [1.807, 2.05) is 25.3 Å². The molecule has 0 radical (unpaired) electrons. The van der Waals surface area contributed by atoms with Gasteiger partial charge in [-0.05, 0) is 31.4 Å². The predicted molar refractivity (Wildman–Crippen MR) is 75.8 cm³/mol. The summed E-state index contributed by atoms with van der Waals surface area (Å²) < 4.78 is 0. The molecule has 1 saturated carbocycles. The second-order valence-corrected chi connectivity index (χ2v) is 5.50. The number of nitrogens with zero attached hydrogens (tertiary/aromatic N) is 2. The topological polar surface area (TPSA) is 51.8 Å². The molecule has 2 aromatic rings. The zero-order valence-electron chi connectivity index (χ0n) is 11.2. The van der Waals surface area contributed by atoms with Gasteiger partial charge in [-0.2, -0.15) is 0 Å². The molecule has 1 atom stereocenters. The number of rotatable bonds is 4. The molecular weight excluding hydrogens is 234 g/mol. The Kier molecular flexibility index (Phi) is 3.07. The lowest BCUT2D eigenvalue weighted by atomic mass is 9.95. The summed E-state index contributed by atoms with van der Waals surface area (Å²) in [5, 5.41) is 0. The first-order chi connectivity index (χ1) is 9.21. The van der Waals surface area contributed by atoms with Crippen molar-refractivity contribution in [1.82, 2.24) is 9.97 Å². The lowest BCUT2D eigenvalue weighted by molar-refractivity contribution is 0.690. The summed E-state index contributed by atoms with van der Waals surface area (Å²) in [6, 6.07) is 12.7. The molecule has 19 heavy (non-hydrogen) atoms. The maximum Gasteiger partial charge on any atom is 0.139 e. The van der Waals surface area contributed by atoms with Gasteiger partial charge < -0.3 is 5.73 Å². The van der Waals surface area contributed by atoms with Crippen molar-refractivity contribution in [3.8, 4) is 0 Å². The smallest absolute Gasteiger partial charge is 0.139 e. The van der Waals surface area contributed by atoms with E-state index in [0.717, 1.165) is 30.8 Å². The van der Waals surface area contributed by atoms with Crippen LogP contribution in [0, 0.1) is 0 Å². The van der Waals surface area contributed by atoms with Crippen LogP contribution in [-0.2, 0) is 11.8 Å². The van der Waals surface area contributed by atoms with Gasteiger partial charge in [0.2, 0.25) is 0 Å². The summed E-state index contributed by atoms with van der Waals surface area (Å²) in [4.78, 5) is 9.24. The Hall–Kier alpha value is -1.74. The van der Waals surface area contributed by atoms with Crippen LogP contribution >= 0.6 is 0 Å². The van der Waals surface area contributed by atoms with Crippen LogP contribution in [0.15, 0.2) is 42.6 Å². The van der Waals surface area contributed by atoms with E-state index in [1.54, 1.807) is 0 Å². The maximum absolute atomic E-state index is 5.85. The van der Waals surface area contributed by atoms with Gasteiger partial charge in [-0.15, -0.1) is 0 Å². The van der Waals surface area contributed by atoms with Crippen LogP contribution < -0.4 is 5.73 Å². The van der Waals surface area contributed by atoms with Gasteiger partial charge in [0.05, 0.1) is 5.41 Å². The van der Waals surface area contributed by atoms with E-state index in [4.69, 9.17) is 10.7 Å². The van der Waals surface area contributed by atoms with Gasteiger partial charge in [0.25, 0.3) is 0 Å². The van der Waals surface area contributed by atoms with E-state index in [0.29, 0.717) is 0 Å². The summed E-state index contributed by atoms with van der Waals surface area (Å²) in [6.07, 6.45) is 4.95. The molecule has 0 aliphatic heterocycles. The van der Waals surface area contributed by atoms with Crippen LogP contribution in [-0.4, -0.2) is 16.0 Å². The molecule has 3 rings (SSSR count). The van der Waals surface area contributed by atoms with Crippen LogP contribution in [0.5, 0.6) is 0 Å². The maximum atomic E-state index is 5.85. The van der Waals surface area contributed by atoms with Crippen molar-refractivity contribution in [2.24, 2.45) is 5.73 Å². The van der Waals surface area contributed by atoms with Gasteiger partial charge in [-0.1, -0.05) is 30.3 Å². The Morgan fingerprint density at radius 3 is 2.58 bits per heavy atom. The summed E-state index contributed by atoms with van der Waals surface area (Å²) in [5.74, 6) is 0.955. The number of hydrogen-bond donors (Lipinski definition) is 1. The zero-order valence-corrected chi connectivity index (χ0v) is 11.2. The molecule has 0 saturated heterocycles. The molecule has 3 heteroatoms. The Labute approximate surface area is 113 Å². The first-order valence-corrected chi connectivity index (χ1v) is 6.84.